The number of likely N-dealkylation sites (tertiary alicyclic amines) is 1. The molecule has 1 saturated carbocycles. The Morgan fingerprint density at radius 2 is 2.57 bits per heavy atom. The Balaban J connectivity index is 1.96. The zero-order valence-corrected chi connectivity index (χ0v) is 12.4. The quantitative estimate of drug-likeness (QED) is 0.881. The minimum Gasteiger partial charge on any atom is -0.493 e. The van der Waals surface area contributed by atoms with Crippen molar-refractivity contribution < 1.29 is 31.7 Å². The predicted molar refractivity (Wildman–Crippen MR) is 83.0 cm³/mol. The van der Waals surface area contributed by atoms with Gasteiger partial charge in [0.2, 0.25) is 1.43 Å². The average Bonchev–Trinajstić information content (AvgIpc) is 2.98. The molecule has 2 heterocycles. The van der Waals surface area contributed by atoms with Crippen LogP contribution in [0.1, 0.15) is 42.7 Å². The zero-order chi connectivity index (χ0) is 24.6. The first kappa shape index (κ1) is 7.11. The summed E-state index contributed by atoms with van der Waals surface area (Å²) in [6.07, 6.45) is -6.47. The molecule has 2 fully saturated rings. The second-order valence-electron chi connectivity index (χ2n) is 6.51. The number of nitrogens with zero attached hydrogens (tertiary/aromatic N) is 1. The molecule has 23 heavy (non-hydrogen) atoms. The number of ketones is 1. The van der Waals surface area contributed by atoms with E-state index in [9.17, 15) is 7.54 Å². The van der Waals surface area contributed by atoms with Gasteiger partial charge in [-0.2, -0.15) is 0 Å². The van der Waals surface area contributed by atoms with Crippen molar-refractivity contribution in [2.45, 2.75) is 48.7 Å². The lowest BCUT2D eigenvalue weighted by Crippen LogP contribution is -2.76. The van der Waals surface area contributed by atoms with Gasteiger partial charge >= 0.3 is 0 Å². The molecule has 1 unspecified atom stereocenters. The van der Waals surface area contributed by atoms with E-state index in [2.05, 4.69) is 0 Å². The molecular formula is C18H21NO4. The Kier molecular flexibility index (Phi) is 1.26. The molecule has 122 valence electrons. The van der Waals surface area contributed by atoms with Crippen molar-refractivity contribution in [1.29, 1.82) is 1.43 Å². The number of hydrogen-bond acceptors (Lipinski definition) is 5. The molecule has 5 heteroatoms. The maximum Gasteiger partial charge on any atom is 0.211 e. The van der Waals surface area contributed by atoms with Gasteiger partial charge in [-0.05, 0) is 44.5 Å². The van der Waals surface area contributed by atoms with E-state index in [1.807, 2.05) is 0 Å². The first-order valence-corrected chi connectivity index (χ1v) is 7.48. The fourth-order valence-electron chi connectivity index (χ4n) is 4.63. The second kappa shape index (κ2) is 4.08. The molecule has 2 aliphatic heterocycles. The van der Waals surface area contributed by atoms with Gasteiger partial charge in [-0.1, -0.05) is 6.04 Å². The van der Waals surface area contributed by atoms with E-state index in [1.165, 1.54) is 4.90 Å². The second-order valence-corrected chi connectivity index (χ2v) is 6.51. The Bertz CT molecular complexity index is 1110. The van der Waals surface area contributed by atoms with Crippen LogP contribution in [-0.4, -0.2) is 55.6 Å². The number of carbonyl (C=O) groups is 1. The van der Waals surface area contributed by atoms with Gasteiger partial charge in [0.25, 0.3) is 0 Å². The summed E-state index contributed by atoms with van der Waals surface area (Å²) >= 11 is 0. The van der Waals surface area contributed by atoms with Crippen LogP contribution < -0.4 is 9.47 Å². The lowest BCUT2D eigenvalue weighted by molar-refractivity contribution is -0.185. The molecule has 2 aliphatic carbocycles. The highest BCUT2D eigenvalue weighted by atomic mass is 16.5. The van der Waals surface area contributed by atoms with E-state index in [0.29, 0.717) is 0 Å². The number of likely N-dealkylation sites (N-methyl/N-ethyl adjacent to an activating group) is 1. The smallest absolute Gasteiger partial charge is 0.211 e. The Labute approximate surface area is 149 Å². The van der Waals surface area contributed by atoms with E-state index < -0.39 is 72.3 Å². The highest BCUT2D eigenvalue weighted by Crippen LogP contribution is 2.64. The van der Waals surface area contributed by atoms with Crippen LogP contribution in [0.5, 0.6) is 11.5 Å². The van der Waals surface area contributed by atoms with Crippen LogP contribution in [0.15, 0.2) is 12.1 Å². The molecule has 0 amide bonds. The fraction of sp³-hybridized carbons (Fsp3) is 0.611. The van der Waals surface area contributed by atoms with Gasteiger partial charge in [0.05, 0.1) is 27.6 Å². The molecule has 0 aromatic heterocycles. The van der Waals surface area contributed by atoms with Crippen LogP contribution in [0.25, 0.3) is 0 Å². The van der Waals surface area contributed by atoms with Crippen molar-refractivity contribution in [1.82, 2.24) is 4.90 Å². The molecule has 5 rings (SSSR count). The molecule has 5 nitrogen and oxygen atoms in total. The standard InChI is InChI=1S/C18H21NO4/c1-19-8-7-17-14-10-3-4-12(22-2)15(14)23-16(17)11(20)5-6-18(17,21)13(19)9-10/h3-4,13,16,21H,5-9H2,1-2H3/t13-,16?,17+,18-/m1/s1/i2D3,3D,4D,5D2,13D,16D,21D. The van der Waals surface area contributed by atoms with Crippen molar-refractivity contribution in [3.8, 4) is 11.5 Å². The van der Waals surface area contributed by atoms with Gasteiger partial charge in [-0.15, -0.1) is 0 Å². The molecule has 1 spiro atoms. The van der Waals surface area contributed by atoms with E-state index in [-0.39, 0.29) is 30.5 Å². The first-order chi connectivity index (χ1) is 15.0. The molecule has 1 N–H and O–H groups in total. The van der Waals surface area contributed by atoms with Crippen molar-refractivity contribution in [3.05, 3.63) is 23.2 Å². The molecule has 1 aromatic rings. The summed E-state index contributed by atoms with van der Waals surface area (Å²) in [6, 6.07) is -2.95. The third-order valence-electron chi connectivity index (χ3n) is 5.67. The lowest BCUT2D eigenvalue weighted by Gasteiger charge is -2.62. The van der Waals surface area contributed by atoms with Gasteiger partial charge < -0.3 is 19.5 Å². The van der Waals surface area contributed by atoms with Crippen molar-refractivity contribution in [2.75, 3.05) is 20.6 Å². The Morgan fingerprint density at radius 1 is 1.65 bits per heavy atom. The number of rotatable bonds is 2. The molecule has 1 saturated heterocycles. The van der Waals surface area contributed by atoms with Gasteiger partial charge in [-0.3, -0.25) is 4.79 Å². The molecule has 0 radical (unpaired) electrons. The van der Waals surface area contributed by atoms with Gasteiger partial charge in [-0.25, -0.2) is 0 Å². The number of benzene rings is 1. The van der Waals surface area contributed by atoms with Crippen LogP contribution in [0.4, 0.5) is 0 Å². The molecule has 1 aromatic carbocycles. The summed E-state index contributed by atoms with van der Waals surface area (Å²) in [4.78, 5) is 14.9. The number of methoxy groups -OCH3 is 1. The first-order valence-electron chi connectivity index (χ1n) is 12.4. The Hall–Kier alpha value is -1.59. The van der Waals surface area contributed by atoms with Crippen LogP contribution >= 0.6 is 0 Å². The summed E-state index contributed by atoms with van der Waals surface area (Å²) < 4.78 is 93.4. The molecule has 4 aliphatic rings. The monoisotopic (exact) mass is 325 g/mol. The summed E-state index contributed by atoms with van der Waals surface area (Å²) in [5.74, 6) is -2.31. The number of carbonyl (C=O) groups excluding carboxylic acids is 1. The van der Waals surface area contributed by atoms with E-state index in [1.54, 1.807) is 7.05 Å². The fourth-order valence-corrected chi connectivity index (χ4v) is 4.63. The van der Waals surface area contributed by atoms with Crippen molar-refractivity contribution in [2.24, 2.45) is 0 Å². The van der Waals surface area contributed by atoms with Gasteiger partial charge in [0.15, 0.2) is 23.4 Å². The SMILES string of the molecule is [2H]O[C@@]12CC([2H])([2H])C(=O)C3([2H])Oc4c(OC([2H])([2H])[2H])c([2H])c([2H])c5c4[C@@]31CCN(C)[C@]2([2H])C5. The third kappa shape index (κ3) is 1.32. The maximum atomic E-state index is 13.4. The summed E-state index contributed by atoms with van der Waals surface area (Å²) in [7, 11) is -1.46. The minimum absolute atomic E-state index is 0.0322. The molecule has 2 bridgehead atoms. The zero-order valence-electron chi connectivity index (χ0n) is 22.4. The van der Waals surface area contributed by atoms with Crippen LogP contribution in [0.2, 0.25) is 0 Å². The van der Waals surface area contributed by atoms with E-state index >= 15 is 0 Å². The minimum atomic E-state index is -3.04. The largest absolute Gasteiger partial charge is 0.493 e. The van der Waals surface area contributed by atoms with Gasteiger partial charge in [0.1, 0.15) is 0 Å². The van der Waals surface area contributed by atoms with Crippen LogP contribution in [0, 0.1) is 0 Å². The van der Waals surface area contributed by atoms with Crippen molar-refractivity contribution >= 4 is 5.78 Å². The van der Waals surface area contributed by atoms with E-state index in [4.69, 9.17) is 25.6 Å². The predicted octanol–water partition coefficient (Wildman–Crippen LogP) is 1.05. The van der Waals surface area contributed by atoms with Crippen LogP contribution in [-0.2, 0) is 16.6 Å². The average molecular weight is 325 g/mol. The Morgan fingerprint density at radius 3 is 3.39 bits per heavy atom. The number of Topliss-reactive ketones (excluding diaryl/α,β-unsaturated/α-hetero) is 1. The van der Waals surface area contributed by atoms with Crippen LogP contribution in [0.3, 0.4) is 0 Å². The lowest BCUT2D eigenvalue weighted by atomic mass is 9.49. The normalized spacial score (nSPS) is 56.0. The third-order valence-corrected chi connectivity index (χ3v) is 5.67. The molecular weight excluding hydrogens is 294 g/mol. The number of aliphatic hydroxyl groups is 1. The number of piperidine rings is 1. The van der Waals surface area contributed by atoms with Crippen molar-refractivity contribution in [3.63, 3.8) is 0 Å². The van der Waals surface area contributed by atoms with E-state index in [0.717, 1.165) is 0 Å². The number of hydrogen-bond donors (Lipinski definition) is 1. The maximum absolute atomic E-state index is 13.4. The summed E-state index contributed by atoms with van der Waals surface area (Å²) in [5.41, 5.74) is -3.83. The highest BCUT2D eigenvalue weighted by molar-refractivity contribution is 5.90. The highest BCUT2D eigenvalue weighted by Gasteiger charge is 2.72. The van der Waals surface area contributed by atoms with Gasteiger partial charge in [0, 0.05) is 20.7 Å². The summed E-state index contributed by atoms with van der Waals surface area (Å²) in [5, 5.41) is 5.20. The summed E-state index contributed by atoms with van der Waals surface area (Å²) in [6.45, 7) is 0.166. The topological polar surface area (TPSA) is 59.0 Å². The number of ether oxygens (including phenoxy) is 2. The molecule has 4 atom stereocenters.